The highest BCUT2D eigenvalue weighted by Crippen LogP contribution is 2.36. The number of thiazole rings is 1. The Hall–Kier alpha value is -1.74. The summed E-state index contributed by atoms with van der Waals surface area (Å²) in [5, 5.41) is 0.783. The molecule has 5 nitrogen and oxygen atoms in total. The lowest BCUT2D eigenvalue weighted by atomic mass is 10.1. The Morgan fingerprint density at radius 1 is 0.963 bits per heavy atom. The van der Waals surface area contributed by atoms with E-state index in [2.05, 4.69) is 9.88 Å². The molecule has 0 saturated carbocycles. The van der Waals surface area contributed by atoms with Gasteiger partial charge in [0.05, 0.1) is 16.4 Å². The zero-order valence-corrected chi connectivity index (χ0v) is 16.4. The summed E-state index contributed by atoms with van der Waals surface area (Å²) in [6.07, 6.45) is 1.54. The van der Waals surface area contributed by atoms with Gasteiger partial charge in [-0.05, 0) is 17.7 Å². The third-order valence-corrected chi connectivity index (χ3v) is 7.84. The first kappa shape index (κ1) is 18.6. The summed E-state index contributed by atoms with van der Waals surface area (Å²) in [5.41, 5.74) is 2.03. The van der Waals surface area contributed by atoms with Crippen LogP contribution in [-0.2, 0) is 9.84 Å². The first-order valence-electron chi connectivity index (χ1n) is 8.96. The molecule has 2 fully saturated rings. The monoisotopic (exact) mass is 413 g/mol. The van der Waals surface area contributed by atoms with Gasteiger partial charge in [0.25, 0.3) is 5.92 Å². The summed E-state index contributed by atoms with van der Waals surface area (Å²) in [6, 6.07) is 7.99. The van der Waals surface area contributed by atoms with Crippen molar-refractivity contribution in [2.24, 2.45) is 0 Å². The van der Waals surface area contributed by atoms with Gasteiger partial charge >= 0.3 is 0 Å². The van der Waals surface area contributed by atoms with Crippen LogP contribution in [0.4, 0.5) is 19.6 Å². The lowest BCUT2D eigenvalue weighted by molar-refractivity contribution is -0.0220. The fourth-order valence-corrected chi connectivity index (χ4v) is 5.55. The van der Waals surface area contributed by atoms with Crippen LogP contribution in [0.1, 0.15) is 12.8 Å². The second-order valence-electron chi connectivity index (χ2n) is 7.04. The molecular weight excluding hydrogens is 392 g/mol. The van der Waals surface area contributed by atoms with Gasteiger partial charge in [0, 0.05) is 50.9 Å². The number of aromatic nitrogens is 1. The molecule has 0 spiro atoms. The van der Waals surface area contributed by atoms with E-state index in [1.54, 1.807) is 6.20 Å². The van der Waals surface area contributed by atoms with Crippen LogP contribution in [-0.4, -0.2) is 57.0 Å². The maximum atomic E-state index is 13.3. The van der Waals surface area contributed by atoms with E-state index >= 15 is 0 Å². The molecule has 2 aromatic rings. The van der Waals surface area contributed by atoms with E-state index in [1.807, 2.05) is 29.2 Å². The van der Waals surface area contributed by atoms with E-state index in [9.17, 15) is 17.2 Å². The quantitative estimate of drug-likeness (QED) is 0.773. The minimum atomic E-state index is -2.89. The summed E-state index contributed by atoms with van der Waals surface area (Å²) in [7, 11) is -2.89. The molecule has 1 aromatic carbocycles. The highest BCUT2D eigenvalue weighted by atomic mass is 32.2. The highest BCUT2D eigenvalue weighted by molar-refractivity contribution is 7.91. The topological polar surface area (TPSA) is 53.5 Å². The van der Waals surface area contributed by atoms with E-state index < -0.39 is 15.8 Å². The molecule has 146 valence electrons. The molecule has 0 amide bonds. The minimum Gasteiger partial charge on any atom is -0.369 e. The van der Waals surface area contributed by atoms with E-state index in [1.165, 1.54) is 11.3 Å². The Balaban J connectivity index is 1.43. The second-order valence-corrected chi connectivity index (χ2v) is 10.3. The summed E-state index contributed by atoms with van der Waals surface area (Å²) in [6.45, 7) is 1.70. The van der Waals surface area contributed by atoms with Gasteiger partial charge in [-0.2, -0.15) is 0 Å². The van der Waals surface area contributed by atoms with Crippen molar-refractivity contribution in [1.29, 1.82) is 0 Å². The molecule has 2 aliphatic rings. The number of hydrogen-bond acceptors (Lipinski definition) is 6. The Morgan fingerprint density at radius 3 is 2.22 bits per heavy atom. The molecule has 0 N–H and O–H groups in total. The standard InChI is InChI=1S/C18H21F2N3O2S2/c19-18(20)5-7-23(8-6-18)17-21-13-16(26-17)14-1-3-15(4-2-14)22-9-11-27(24,25)12-10-22/h1-4,13H,5-12H2. The molecule has 2 saturated heterocycles. The number of sulfone groups is 1. The summed E-state index contributed by atoms with van der Waals surface area (Å²) in [4.78, 5) is 9.42. The van der Waals surface area contributed by atoms with Crippen LogP contribution in [0.5, 0.6) is 0 Å². The maximum absolute atomic E-state index is 13.3. The van der Waals surface area contributed by atoms with Gasteiger partial charge in [-0.3, -0.25) is 0 Å². The smallest absolute Gasteiger partial charge is 0.251 e. The highest BCUT2D eigenvalue weighted by Gasteiger charge is 2.34. The van der Waals surface area contributed by atoms with Crippen molar-refractivity contribution in [2.75, 3.05) is 47.5 Å². The van der Waals surface area contributed by atoms with Crippen molar-refractivity contribution in [2.45, 2.75) is 18.8 Å². The van der Waals surface area contributed by atoms with Crippen LogP contribution in [0.2, 0.25) is 0 Å². The normalized spacial score (nSPS) is 22.0. The predicted octanol–water partition coefficient (Wildman–Crippen LogP) is 3.28. The van der Waals surface area contributed by atoms with Crippen molar-refractivity contribution < 1.29 is 17.2 Å². The van der Waals surface area contributed by atoms with Crippen molar-refractivity contribution >= 4 is 32.0 Å². The van der Waals surface area contributed by atoms with Crippen molar-refractivity contribution in [3.63, 3.8) is 0 Å². The zero-order valence-electron chi connectivity index (χ0n) is 14.8. The number of anilines is 2. The number of piperidine rings is 1. The van der Waals surface area contributed by atoms with Crippen LogP contribution in [0.25, 0.3) is 10.4 Å². The van der Waals surface area contributed by atoms with Crippen molar-refractivity contribution in [1.82, 2.24) is 4.98 Å². The molecular formula is C18H21F2N3O2S2. The van der Waals surface area contributed by atoms with Gasteiger partial charge in [-0.15, -0.1) is 0 Å². The number of hydrogen-bond donors (Lipinski definition) is 0. The van der Waals surface area contributed by atoms with Gasteiger partial charge in [0.1, 0.15) is 0 Å². The predicted molar refractivity (Wildman–Crippen MR) is 105 cm³/mol. The molecule has 0 aliphatic carbocycles. The average Bonchev–Trinajstić information content (AvgIpc) is 3.12. The first-order valence-corrected chi connectivity index (χ1v) is 11.6. The average molecular weight is 414 g/mol. The third kappa shape index (κ3) is 4.24. The SMILES string of the molecule is O=S1(=O)CCN(c2ccc(-c3cnc(N4CCC(F)(F)CC4)s3)cc2)CC1. The van der Waals surface area contributed by atoms with Gasteiger partial charge in [-0.1, -0.05) is 23.5 Å². The van der Waals surface area contributed by atoms with E-state index in [0.717, 1.165) is 21.3 Å². The summed E-state index contributed by atoms with van der Waals surface area (Å²) in [5.74, 6) is -2.16. The van der Waals surface area contributed by atoms with Gasteiger partial charge in [0.2, 0.25) is 0 Å². The lowest BCUT2D eigenvalue weighted by Crippen LogP contribution is -2.40. The van der Waals surface area contributed by atoms with Crippen molar-refractivity contribution in [3.05, 3.63) is 30.5 Å². The Kier molecular flexibility index (Phi) is 4.84. The number of benzene rings is 1. The molecule has 2 aliphatic heterocycles. The van der Waals surface area contributed by atoms with Crippen LogP contribution in [0.3, 0.4) is 0 Å². The zero-order chi connectivity index (χ0) is 19.1. The molecule has 0 unspecified atom stereocenters. The molecule has 9 heteroatoms. The van der Waals surface area contributed by atoms with Crippen LogP contribution < -0.4 is 9.80 Å². The number of alkyl halides is 2. The lowest BCUT2D eigenvalue weighted by Gasteiger charge is -2.31. The molecule has 0 atom stereocenters. The second kappa shape index (κ2) is 7.01. The van der Waals surface area contributed by atoms with Crippen molar-refractivity contribution in [3.8, 4) is 10.4 Å². The van der Waals surface area contributed by atoms with Gasteiger partial charge < -0.3 is 9.80 Å². The molecule has 1 aromatic heterocycles. The van der Waals surface area contributed by atoms with Crippen LogP contribution in [0, 0.1) is 0 Å². The van der Waals surface area contributed by atoms with E-state index in [-0.39, 0.29) is 24.3 Å². The fraction of sp³-hybridized carbons (Fsp3) is 0.500. The Labute approximate surface area is 161 Å². The number of rotatable bonds is 3. The van der Waals surface area contributed by atoms with E-state index in [0.29, 0.717) is 26.2 Å². The first-order chi connectivity index (χ1) is 12.8. The Bertz CT molecular complexity index is 889. The maximum Gasteiger partial charge on any atom is 0.251 e. The largest absolute Gasteiger partial charge is 0.369 e. The molecule has 3 heterocycles. The molecule has 0 radical (unpaired) electrons. The third-order valence-electron chi connectivity index (χ3n) is 5.12. The van der Waals surface area contributed by atoms with Crippen LogP contribution >= 0.6 is 11.3 Å². The summed E-state index contributed by atoms with van der Waals surface area (Å²) >= 11 is 1.51. The Morgan fingerprint density at radius 2 is 1.59 bits per heavy atom. The summed E-state index contributed by atoms with van der Waals surface area (Å²) < 4.78 is 49.7. The van der Waals surface area contributed by atoms with Crippen LogP contribution in [0.15, 0.2) is 30.5 Å². The molecule has 27 heavy (non-hydrogen) atoms. The fourth-order valence-electron chi connectivity index (χ4n) is 3.38. The van der Waals surface area contributed by atoms with Gasteiger partial charge in [0.15, 0.2) is 15.0 Å². The number of nitrogens with zero attached hydrogens (tertiary/aromatic N) is 3. The minimum absolute atomic E-state index is 0.123. The van der Waals surface area contributed by atoms with Gasteiger partial charge in [-0.25, -0.2) is 22.2 Å². The van der Waals surface area contributed by atoms with E-state index in [4.69, 9.17) is 0 Å². The molecule has 0 bridgehead atoms. The molecule has 4 rings (SSSR count). The number of halogens is 2.